The highest BCUT2D eigenvalue weighted by atomic mass is 32.2. The van der Waals surface area contributed by atoms with Crippen molar-refractivity contribution in [1.29, 1.82) is 0 Å². The van der Waals surface area contributed by atoms with Crippen LogP contribution < -0.4 is 5.48 Å². The van der Waals surface area contributed by atoms with Gasteiger partial charge in [-0.3, -0.25) is 5.48 Å². The number of hydroxylamine groups is 1. The molecule has 2 rings (SSSR count). The van der Waals surface area contributed by atoms with Crippen molar-refractivity contribution in [3.8, 4) is 0 Å². The zero-order valence-electron chi connectivity index (χ0n) is 8.41. The zero-order valence-corrected chi connectivity index (χ0v) is 9.23. The third-order valence-corrected chi connectivity index (χ3v) is 2.51. The Morgan fingerprint density at radius 2 is 2.43 bits per heavy atom. The van der Waals surface area contributed by atoms with Crippen molar-refractivity contribution in [3.63, 3.8) is 0 Å². The van der Waals surface area contributed by atoms with Gasteiger partial charge in [-0.1, -0.05) is 6.08 Å². The second-order valence-corrected chi connectivity index (χ2v) is 3.85. The van der Waals surface area contributed by atoms with E-state index in [0.29, 0.717) is 0 Å². The summed E-state index contributed by atoms with van der Waals surface area (Å²) < 4.78 is 7.38. The van der Waals surface area contributed by atoms with Crippen molar-refractivity contribution in [1.82, 2.24) is 10.0 Å². The van der Waals surface area contributed by atoms with Crippen LogP contribution in [0.2, 0.25) is 0 Å². The Bertz CT molecular complexity index is 357. The summed E-state index contributed by atoms with van der Waals surface area (Å²) >= 11 is 1.32. The summed E-state index contributed by atoms with van der Waals surface area (Å²) in [6.45, 7) is 3.17. The molecule has 2 heterocycles. The Morgan fingerprint density at radius 1 is 1.57 bits per heavy atom. The van der Waals surface area contributed by atoms with Gasteiger partial charge in [-0.25, -0.2) is 4.28 Å². The first kappa shape index (κ1) is 9.68. The topological polar surface area (TPSA) is 26.2 Å². The molecule has 0 spiro atoms. The van der Waals surface area contributed by atoms with Crippen molar-refractivity contribution in [2.75, 3.05) is 6.26 Å². The molecule has 4 heteroatoms. The molecule has 1 aromatic rings. The predicted molar refractivity (Wildman–Crippen MR) is 59.5 cm³/mol. The highest BCUT2D eigenvalue weighted by Crippen LogP contribution is 2.21. The average Bonchev–Trinajstić information content (AvgIpc) is 2.55. The van der Waals surface area contributed by atoms with Crippen LogP contribution in [0.25, 0.3) is 5.70 Å². The SMILES string of the molecule is CSONC1=CCCn2cc(C)cc21. The molecule has 0 saturated carbocycles. The lowest BCUT2D eigenvalue weighted by molar-refractivity contribution is 0.303. The zero-order chi connectivity index (χ0) is 9.97. The lowest BCUT2D eigenvalue weighted by Gasteiger charge is -2.17. The average molecular weight is 210 g/mol. The van der Waals surface area contributed by atoms with E-state index in [2.05, 4.69) is 35.3 Å². The third-order valence-electron chi connectivity index (χ3n) is 2.26. The monoisotopic (exact) mass is 210 g/mol. The van der Waals surface area contributed by atoms with Gasteiger partial charge in [0.2, 0.25) is 0 Å². The number of hydrogen-bond acceptors (Lipinski definition) is 3. The summed E-state index contributed by atoms with van der Waals surface area (Å²) in [6.07, 6.45) is 7.29. The molecule has 0 fully saturated rings. The highest BCUT2D eigenvalue weighted by molar-refractivity contribution is 7.93. The van der Waals surface area contributed by atoms with E-state index in [-0.39, 0.29) is 0 Å². The Hall–Kier alpha value is -0.870. The van der Waals surface area contributed by atoms with Crippen LogP contribution in [0.4, 0.5) is 0 Å². The third kappa shape index (κ3) is 1.81. The lowest BCUT2D eigenvalue weighted by Crippen LogP contribution is -2.16. The molecule has 0 aliphatic carbocycles. The Morgan fingerprint density at radius 3 is 3.21 bits per heavy atom. The molecule has 1 aromatic heterocycles. The van der Waals surface area contributed by atoms with Crippen LogP contribution in [0.1, 0.15) is 17.7 Å². The second-order valence-electron chi connectivity index (χ2n) is 3.35. The number of nitrogens with one attached hydrogen (secondary N) is 1. The van der Waals surface area contributed by atoms with Gasteiger partial charge in [0.05, 0.1) is 11.4 Å². The molecule has 14 heavy (non-hydrogen) atoms. The van der Waals surface area contributed by atoms with Crippen LogP contribution in [0, 0.1) is 6.92 Å². The van der Waals surface area contributed by atoms with E-state index >= 15 is 0 Å². The molecule has 0 unspecified atom stereocenters. The Balaban J connectivity index is 2.21. The normalized spacial score (nSPS) is 14.9. The Labute approximate surface area is 88.3 Å². The van der Waals surface area contributed by atoms with Crippen LogP contribution in [0.5, 0.6) is 0 Å². The van der Waals surface area contributed by atoms with Crippen LogP contribution in [0.3, 0.4) is 0 Å². The minimum atomic E-state index is 1.06. The standard InChI is InChI=1S/C10H14N2OS/c1-8-6-10-9(11-13-14-2)4-3-5-12(10)7-8/h4,6-7,11H,3,5H2,1-2H3. The molecule has 1 aliphatic rings. The van der Waals surface area contributed by atoms with Crippen molar-refractivity contribution < 1.29 is 4.28 Å². The minimum Gasteiger partial charge on any atom is -0.346 e. The Kier molecular flexibility index (Phi) is 2.84. The summed E-state index contributed by atoms with van der Waals surface area (Å²) in [5, 5.41) is 0. The molecule has 1 N–H and O–H groups in total. The van der Waals surface area contributed by atoms with Gasteiger partial charge < -0.3 is 4.57 Å². The number of hydrogen-bond donors (Lipinski definition) is 1. The van der Waals surface area contributed by atoms with Crippen molar-refractivity contribution >= 4 is 17.7 Å². The van der Waals surface area contributed by atoms with Gasteiger partial charge in [-0.15, -0.1) is 0 Å². The molecular formula is C10H14N2OS. The summed E-state index contributed by atoms with van der Waals surface area (Å²) in [5.41, 5.74) is 6.51. The van der Waals surface area contributed by atoms with Gasteiger partial charge in [0.15, 0.2) is 0 Å². The minimum absolute atomic E-state index is 1.06. The van der Waals surface area contributed by atoms with Gasteiger partial charge in [0, 0.05) is 31.0 Å². The van der Waals surface area contributed by atoms with Crippen LogP contribution in [-0.2, 0) is 10.8 Å². The number of aryl methyl sites for hydroxylation is 2. The van der Waals surface area contributed by atoms with Gasteiger partial charge >= 0.3 is 0 Å². The maximum absolute atomic E-state index is 5.12. The maximum atomic E-state index is 5.12. The van der Waals surface area contributed by atoms with Crippen molar-refractivity contribution in [3.05, 3.63) is 29.6 Å². The summed E-state index contributed by atoms with van der Waals surface area (Å²) in [4.78, 5) is 0. The van der Waals surface area contributed by atoms with Crippen molar-refractivity contribution in [2.45, 2.75) is 19.9 Å². The molecule has 0 atom stereocenters. The second kappa shape index (κ2) is 4.11. The molecule has 1 aliphatic heterocycles. The summed E-state index contributed by atoms with van der Waals surface area (Å²) in [7, 11) is 0. The fourth-order valence-corrected chi connectivity index (χ4v) is 1.87. The fourth-order valence-electron chi connectivity index (χ4n) is 1.70. The van der Waals surface area contributed by atoms with E-state index in [1.165, 1.54) is 23.3 Å². The van der Waals surface area contributed by atoms with E-state index < -0.39 is 0 Å². The number of aromatic nitrogens is 1. The van der Waals surface area contributed by atoms with E-state index in [4.69, 9.17) is 4.28 Å². The first-order valence-electron chi connectivity index (χ1n) is 4.64. The van der Waals surface area contributed by atoms with Crippen LogP contribution in [0.15, 0.2) is 18.3 Å². The molecule has 0 saturated heterocycles. The van der Waals surface area contributed by atoms with E-state index in [0.717, 1.165) is 18.7 Å². The van der Waals surface area contributed by atoms with Crippen LogP contribution >= 0.6 is 12.0 Å². The number of nitrogens with zero attached hydrogens (tertiary/aromatic N) is 1. The van der Waals surface area contributed by atoms with Gasteiger partial charge in [0.1, 0.15) is 0 Å². The molecule has 3 nitrogen and oxygen atoms in total. The van der Waals surface area contributed by atoms with E-state index in [1.54, 1.807) is 0 Å². The number of allylic oxidation sites excluding steroid dienone is 1. The molecule has 76 valence electrons. The van der Waals surface area contributed by atoms with E-state index in [9.17, 15) is 0 Å². The van der Waals surface area contributed by atoms with Crippen molar-refractivity contribution in [2.24, 2.45) is 0 Å². The van der Waals surface area contributed by atoms with Crippen LogP contribution in [-0.4, -0.2) is 10.8 Å². The molecular weight excluding hydrogens is 196 g/mol. The quantitative estimate of drug-likeness (QED) is 0.612. The van der Waals surface area contributed by atoms with Gasteiger partial charge in [0.25, 0.3) is 0 Å². The first-order chi connectivity index (χ1) is 6.81. The summed E-state index contributed by atoms with van der Waals surface area (Å²) in [6, 6.07) is 2.17. The lowest BCUT2D eigenvalue weighted by atomic mass is 10.2. The molecule has 0 bridgehead atoms. The van der Waals surface area contributed by atoms with E-state index in [1.807, 2.05) is 6.26 Å². The smallest absolute Gasteiger partial charge is 0.0814 e. The maximum Gasteiger partial charge on any atom is 0.0814 e. The van der Waals surface area contributed by atoms with Gasteiger partial charge in [-0.2, -0.15) is 0 Å². The largest absolute Gasteiger partial charge is 0.346 e. The highest BCUT2D eigenvalue weighted by Gasteiger charge is 2.12. The van der Waals surface area contributed by atoms with Gasteiger partial charge in [-0.05, 0) is 25.0 Å². The fraction of sp³-hybridized carbons (Fsp3) is 0.400. The molecule has 0 aromatic carbocycles. The molecule has 0 radical (unpaired) electrons. The first-order valence-corrected chi connectivity index (χ1v) is 5.79. The summed E-state index contributed by atoms with van der Waals surface area (Å²) in [5.74, 6) is 0. The number of fused-ring (bicyclic) bond motifs is 1. The molecule has 0 amide bonds. The number of rotatable bonds is 3. The predicted octanol–water partition coefficient (Wildman–Crippen LogP) is 2.34.